The molecular formula is C22H24F2N4. The molecule has 2 aromatic rings. The summed E-state index contributed by atoms with van der Waals surface area (Å²) in [7, 11) is 0. The van der Waals surface area contributed by atoms with Gasteiger partial charge in [-0.25, -0.2) is 18.7 Å². The molecule has 2 aliphatic rings. The zero-order chi connectivity index (χ0) is 19.9. The van der Waals surface area contributed by atoms with Gasteiger partial charge in [-0.05, 0) is 36.5 Å². The summed E-state index contributed by atoms with van der Waals surface area (Å²) in [5.41, 5.74) is 6.88. The van der Waals surface area contributed by atoms with Gasteiger partial charge in [-0.15, -0.1) is 0 Å². The summed E-state index contributed by atoms with van der Waals surface area (Å²) in [4.78, 5) is 8.77. The minimum Gasteiger partial charge on any atom is -0.385 e. The molecule has 1 aliphatic carbocycles. The van der Waals surface area contributed by atoms with Crippen molar-refractivity contribution in [1.82, 2.24) is 15.3 Å². The standard InChI is InChI=1S/C22H24F2N4/c1-13(16-6-7-19-14(2)25-8-4-5-17(19)9-16)20-12-26-21(27-15(20)3)28-18-10-22(23,24)11-18/h6-7,9,12,18,25H,1-2,4-5,8,10-11H2,3H3,(H,26,27,28). The molecular weight excluding hydrogens is 358 g/mol. The summed E-state index contributed by atoms with van der Waals surface area (Å²) in [6.07, 6.45) is 3.44. The Morgan fingerprint density at radius 1 is 1.32 bits per heavy atom. The second-order valence-electron chi connectivity index (χ2n) is 7.66. The zero-order valence-corrected chi connectivity index (χ0v) is 16.0. The van der Waals surface area contributed by atoms with Gasteiger partial charge in [0.25, 0.3) is 5.92 Å². The van der Waals surface area contributed by atoms with Crippen molar-refractivity contribution in [2.75, 3.05) is 11.9 Å². The summed E-state index contributed by atoms with van der Waals surface area (Å²) in [5.74, 6) is -2.17. The van der Waals surface area contributed by atoms with Gasteiger partial charge in [0.2, 0.25) is 5.95 Å². The fourth-order valence-electron chi connectivity index (χ4n) is 3.83. The Morgan fingerprint density at radius 3 is 2.82 bits per heavy atom. The number of nitrogens with zero attached hydrogens (tertiary/aromatic N) is 2. The molecule has 0 amide bonds. The second-order valence-corrected chi connectivity index (χ2v) is 7.66. The van der Waals surface area contributed by atoms with Crippen LogP contribution in [0.25, 0.3) is 11.3 Å². The van der Waals surface area contributed by atoms with Crippen LogP contribution in [-0.4, -0.2) is 28.5 Å². The lowest BCUT2D eigenvalue weighted by Crippen LogP contribution is -2.44. The monoisotopic (exact) mass is 382 g/mol. The van der Waals surface area contributed by atoms with Crippen LogP contribution in [0.2, 0.25) is 0 Å². The Morgan fingerprint density at radius 2 is 2.11 bits per heavy atom. The van der Waals surface area contributed by atoms with Gasteiger partial charge in [0.15, 0.2) is 0 Å². The van der Waals surface area contributed by atoms with Crippen LogP contribution in [0.3, 0.4) is 0 Å². The van der Waals surface area contributed by atoms with E-state index < -0.39 is 5.92 Å². The largest absolute Gasteiger partial charge is 0.385 e. The van der Waals surface area contributed by atoms with E-state index in [-0.39, 0.29) is 18.9 Å². The number of alkyl halides is 2. The molecule has 4 nitrogen and oxygen atoms in total. The molecule has 0 spiro atoms. The number of fused-ring (bicyclic) bond motifs is 1. The van der Waals surface area contributed by atoms with Crippen LogP contribution in [0.1, 0.15) is 47.2 Å². The number of rotatable bonds is 4. The van der Waals surface area contributed by atoms with Crippen molar-refractivity contribution in [1.29, 1.82) is 0 Å². The van der Waals surface area contributed by atoms with Crippen LogP contribution in [0, 0.1) is 6.92 Å². The van der Waals surface area contributed by atoms with Crippen molar-refractivity contribution in [2.45, 2.75) is 44.6 Å². The van der Waals surface area contributed by atoms with E-state index >= 15 is 0 Å². The summed E-state index contributed by atoms with van der Waals surface area (Å²) in [5, 5.41) is 6.32. The van der Waals surface area contributed by atoms with E-state index in [0.29, 0.717) is 5.95 Å². The smallest absolute Gasteiger partial charge is 0.252 e. The van der Waals surface area contributed by atoms with Crippen LogP contribution in [0.5, 0.6) is 0 Å². The van der Waals surface area contributed by atoms with E-state index in [2.05, 4.69) is 45.9 Å². The maximum atomic E-state index is 13.0. The first kappa shape index (κ1) is 18.6. The molecule has 0 saturated heterocycles. The first-order chi connectivity index (χ1) is 13.3. The number of hydrogen-bond donors (Lipinski definition) is 2. The highest BCUT2D eigenvalue weighted by Gasteiger charge is 2.45. The third-order valence-corrected chi connectivity index (χ3v) is 5.47. The van der Waals surface area contributed by atoms with Gasteiger partial charge < -0.3 is 10.6 Å². The van der Waals surface area contributed by atoms with E-state index in [9.17, 15) is 8.78 Å². The summed E-state index contributed by atoms with van der Waals surface area (Å²) >= 11 is 0. The first-order valence-electron chi connectivity index (χ1n) is 9.56. The number of hydrogen-bond acceptors (Lipinski definition) is 4. The van der Waals surface area contributed by atoms with Crippen LogP contribution >= 0.6 is 0 Å². The number of halogens is 2. The predicted octanol–water partition coefficient (Wildman–Crippen LogP) is 4.56. The highest BCUT2D eigenvalue weighted by Crippen LogP contribution is 2.38. The van der Waals surface area contributed by atoms with Crippen LogP contribution in [0.15, 0.2) is 37.6 Å². The Hall–Kier alpha value is -2.76. The lowest BCUT2D eigenvalue weighted by atomic mass is 9.88. The van der Waals surface area contributed by atoms with Gasteiger partial charge in [0.1, 0.15) is 0 Å². The number of anilines is 1. The average Bonchev–Trinajstić information content (AvgIpc) is 2.81. The van der Waals surface area contributed by atoms with Crippen molar-refractivity contribution in [3.63, 3.8) is 0 Å². The SMILES string of the molecule is C=C1NCCCc2cc(C(=C)c3cnc(NC4CC(F)(F)C4)nc3C)ccc21. The molecule has 2 heterocycles. The predicted molar refractivity (Wildman–Crippen MR) is 108 cm³/mol. The molecule has 1 fully saturated rings. The van der Waals surface area contributed by atoms with Gasteiger partial charge in [-0.3, -0.25) is 0 Å². The molecule has 1 aromatic carbocycles. The maximum absolute atomic E-state index is 13.0. The van der Waals surface area contributed by atoms with Gasteiger partial charge in [0, 0.05) is 48.4 Å². The number of benzene rings is 1. The summed E-state index contributed by atoms with van der Waals surface area (Å²) in [6, 6.07) is 6.02. The summed E-state index contributed by atoms with van der Waals surface area (Å²) < 4.78 is 26.0. The highest BCUT2D eigenvalue weighted by molar-refractivity contribution is 5.80. The Labute approximate surface area is 163 Å². The molecule has 0 bridgehead atoms. The van der Waals surface area contributed by atoms with E-state index in [4.69, 9.17) is 0 Å². The fraction of sp³-hybridized carbons (Fsp3) is 0.364. The van der Waals surface area contributed by atoms with Crippen LogP contribution in [0.4, 0.5) is 14.7 Å². The minimum absolute atomic E-state index is 0.168. The van der Waals surface area contributed by atoms with Crippen molar-refractivity contribution in [2.24, 2.45) is 0 Å². The lowest BCUT2D eigenvalue weighted by Gasteiger charge is -2.35. The molecule has 28 heavy (non-hydrogen) atoms. The Kier molecular flexibility index (Phi) is 4.65. The van der Waals surface area contributed by atoms with E-state index in [1.165, 1.54) is 5.56 Å². The average molecular weight is 382 g/mol. The van der Waals surface area contributed by atoms with Crippen molar-refractivity contribution in [3.05, 3.63) is 65.5 Å². The van der Waals surface area contributed by atoms with Gasteiger partial charge in [0.05, 0.1) is 5.69 Å². The van der Waals surface area contributed by atoms with E-state index in [1.54, 1.807) is 6.20 Å². The lowest BCUT2D eigenvalue weighted by molar-refractivity contribution is -0.0794. The van der Waals surface area contributed by atoms with Gasteiger partial charge in [-0.2, -0.15) is 0 Å². The maximum Gasteiger partial charge on any atom is 0.252 e. The summed E-state index contributed by atoms with van der Waals surface area (Å²) in [6.45, 7) is 11.2. The molecule has 4 rings (SSSR count). The van der Waals surface area contributed by atoms with Crippen molar-refractivity contribution < 1.29 is 8.78 Å². The minimum atomic E-state index is -2.56. The van der Waals surface area contributed by atoms with E-state index in [0.717, 1.165) is 53.0 Å². The molecule has 0 atom stereocenters. The molecule has 0 radical (unpaired) electrons. The van der Waals surface area contributed by atoms with Crippen LogP contribution in [-0.2, 0) is 6.42 Å². The normalized spacial score (nSPS) is 18.5. The van der Waals surface area contributed by atoms with Crippen LogP contribution < -0.4 is 10.6 Å². The molecule has 0 unspecified atom stereocenters. The quantitative estimate of drug-likeness (QED) is 0.814. The van der Waals surface area contributed by atoms with Crippen molar-refractivity contribution in [3.8, 4) is 0 Å². The van der Waals surface area contributed by atoms with E-state index in [1.807, 2.05) is 13.0 Å². The fourth-order valence-corrected chi connectivity index (χ4v) is 3.83. The Balaban J connectivity index is 1.53. The molecule has 6 heteroatoms. The zero-order valence-electron chi connectivity index (χ0n) is 16.0. The molecule has 1 aromatic heterocycles. The third-order valence-electron chi connectivity index (χ3n) is 5.47. The topological polar surface area (TPSA) is 49.8 Å². The first-order valence-corrected chi connectivity index (χ1v) is 9.56. The Bertz CT molecular complexity index is 944. The van der Waals surface area contributed by atoms with Gasteiger partial charge in [-0.1, -0.05) is 31.4 Å². The van der Waals surface area contributed by atoms with Gasteiger partial charge >= 0.3 is 0 Å². The third kappa shape index (κ3) is 3.63. The molecule has 1 aliphatic heterocycles. The number of nitrogens with one attached hydrogen (secondary N) is 2. The number of aromatic nitrogens is 2. The second kappa shape index (κ2) is 7.00. The number of aryl methyl sites for hydroxylation is 2. The molecule has 2 N–H and O–H groups in total. The highest BCUT2D eigenvalue weighted by atomic mass is 19.3. The molecule has 1 saturated carbocycles. The van der Waals surface area contributed by atoms with Crippen molar-refractivity contribution >= 4 is 17.2 Å². The molecule has 146 valence electrons.